The quantitative estimate of drug-likeness (QED) is 0.772. The first-order valence-electron chi connectivity index (χ1n) is 5.16. The van der Waals surface area contributed by atoms with Gasteiger partial charge in [-0.15, -0.1) is 0 Å². The first-order valence-corrected chi connectivity index (χ1v) is 5.16. The Morgan fingerprint density at radius 1 is 1.27 bits per heavy atom. The van der Waals surface area contributed by atoms with Gasteiger partial charge in [-0.05, 0) is 38.4 Å². The van der Waals surface area contributed by atoms with E-state index in [1.54, 1.807) is 0 Å². The van der Waals surface area contributed by atoms with Crippen molar-refractivity contribution in [2.24, 2.45) is 0 Å². The molecule has 0 spiro atoms. The Morgan fingerprint density at radius 2 is 2.07 bits per heavy atom. The van der Waals surface area contributed by atoms with E-state index in [0.29, 0.717) is 0 Å². The van der Waals surface area contributed by atoms with Crippen LogP contribution >= 0.6 is 0 Å². The van der Waals surface area contributed by atoms with Crippen LogP contribution in [-0.2, 0) is 6.54 Å². The molecule has 0 atom stereocenters. The summed E-state index contributed by atoms with van der Waals surface area (Å²) in [4.78, 5) is 2.18. The minimum absolute atomic E-state index is 0.827. The lowest BCUT2D eigenvalue weighted by molar-refractivity contribution is 0.387. The first-order chi connectivity index (χ1) is 7.16. The molecule has 0 saturated heterocycles. The van der Waals surface area contributed by atoms with Gasteiger partial charge in [-0.3, -0.25) is 0 Å². The molecule has 1 heterocycles. The molecular weight excluding hydrogens is 186 g/mol. The third-order valence-electron chi connectivity index (χ3n) is 2.58. The van der Waals surface area contributed by atoms with Crippen LogP contribution in [0.1, 0.15) is 0 Å². The molecule has 3 nitrogen and oxygen atoms in total. The topological polar surface area (TPSA) is 34.2 Å². The second kappa shape index (κ2) is 3.95. The fraction of sp³-hybridized carbons (Fsp3) is 0.333. The lowest BCUT2D eigenvalue weighted by Gasteiger charge is -2.11. The van der Waals surface area contributed by atoms with Gasteiger partial charge >= 0.3 is 0 Å². The molecule has 2 aromatic rings. The molecule has 1 aromatic heterocycles. The number of aromatic nitrogens is 1. The summed E-state index contributed by atoms with van der Waals surface area (Å²) >= 11 is 0. The van der Waals surface area contributed by atoms with E-state index in [2.05, 4.69) is 41.9 Å². The Hall–Kier alpha value is -1.48. The standard InChI is InChI=1S/C12H17N3/c1-14(2)7-8-15-6-5-10-9-11(13)3-4-12(10)15/h3-6,9H,7-8,13H2,1-2H3. The lowest BCUT2D eigenvalue weighted by Crippen LogP contribution is -2.17. The van der Waals surface area contributed by atoms with Gasteiger partial charge in [0.15, 0.2) is 0 Å². The number of hydrogen-bond donors (Lipinski definition) is 1. The monoisotopic (exact) mass is 203 g/mol. The molecule has 0 amide bonds. The second-order valence-corrected chi connectivity index (χ2v) is 4.13. The normalized spacial score (nSPS) is 11.4. The zero-order valence-corrected chi connectivity index (χ0v) is 9.27. The molecule has 0 fully saturated rings. The summed E-state index contributed by atoms with van der Waals surface area (Å²) in [5.74, 6) is 0. The van der Waals surface area contributed by atoms with Crippen LogP contribution in [0.25, 0.3) is 10.9 Å². The molecule has 15 heavy (non-hydrogen) atoms. The average molecular weight is 203 g/mol. The summed E-state index contributed by atoms with van der Waals surface area (Å²) in [6.07, 6.45) is 2.12. The molecule has 0 aliphatic carbocycles. The van der Waals surface area contributed by atoms with Crippen LogP contribution in [0, 0.1) is 0 Å². The van der Waals surface area contributed by atoms with Crippen molar-refractivity contribution in [3.05, 3.63) is 30.5 Å². The van der Waals surface area contributed by atoms with E-state index in [4.69, 9.17) is 5.73 Å². The zero-order valence-electron chi connectivity index (χ0n) is 9.27. The van der Waals surface area contributed by atoms with Crippen molar-refractivity contribution in [3.63, 3.8) is 0 Å². The Labute approximate surface area is 90.1 Å². The second-order valence-electron chi connectivity index (χ2n) is 4.13. The predicted octanol–water partition coefficient (Wildman–Crippen LogP) is 1.79. The molecule has 80 valence electrons. The number of nitrogens with zero attached hydrogens (tertiary/aromatic N) is 2. The van der Waals surface area contributed by atoms with Gasteiger partial charge in [0.2, 0.25) is 0 Å². The van der Waals surface area contributed by atoms with Crippen molar-refractivity contribution in [3.8, 4) is 0 Å². The van der Waals surface area contributed by atoms with Crippen molar-refractivity contribution >= 4 is 16.6 Å². The number of fused-ring (bicyclic) bond motifs is 1. The summed E-state index contributed by atoms with van der Waals surface area (Å²) in [6.45, 7) is 2.06. The highest BCUT2D eigenvalue weighted by Gasteiger charge is 2.01. The number of rotatable bonds is 3. The van der Waals surface area contributed by atoms with Gasteiger partial charge < -0.3 is 15.2 Å². The van der Waals surface area contributed by atoms with E-state index in [1.165, 1.54) is 10.9 Å². The summed E-state index contributed by atoms with van der Waals surface area (Å²) in [5, 5.41) is 1.22. The number of nitrogen functional groups attached to an aromatic ring is 1. The summed E-state index contributed by atoms with van der Waals surface area (Å²) in [5.41, 5.74) is 7.82. The van der Waals surface area contributed by atoms with Crippen LogP contribution in [0.3, 0.4) is 0 Å². The van der Waals surface area contributed by atoms with Crippen molar-refractivity contribution in [2.45, 2.75) is 6.54 Å². The molecule has 0 radical (unpaired) electrons. The number of hydrogen-bond acceptors (Lipinski definition) is 2. The number of anilines is 1. The number of benzene rings is 1. The van der Waals surface area contributed by atoms with E-state index < -0.39 is 0 Å². The van der Waals surface area contributed by atoms with Gasteiger partial charge in [0, 0.05) is 35.9 Å². The van der Waals surface area contributed by atoms with Gasteiger partial charge in [-0.25, -0.2) is 0 Å². The van der Waals surface area contributed by atoms with Crippen LogP contribution in [0.5, 0.6) is 0 Å². The highest BCUT2D eigenvalue weighted by Crippen LogP contribution is 2.18. The minimum atomic E-state index is 0.827. The Morgan fingerprint density at radius 3 is 2.80 bits per heavy atom. The van der Waals surface area contributed by atoms with Gasteiger partial charge in [0.05, 0.1) is 0 Å². The van der Waals surface area contributed by atoms with Crippen molar-refractivity contribution in [1.29, 1.82) is 0 Å². The number of likely N-dealkylation sites (N-methyl/N-ethyl adjacent to an activating group) is 1. The van der Waals surface area contributed by atoms with Crippen LogP contribution in [-0.4, -0.2) is 30.1 Å². The Kier molecular flexibility index (Phi) is 2.64. The van der Waals surface area contributed by atoms with Crippen LogP contribution in [0.15, 0.2) is 30.5 Å². The third-order valence-corrected chi connectivity index (χ3v) is 2.58. The molecule has 3 heteroatoms. The largest absolute Gasteiger partial charge is 0.399 e. The summed E-state index contributed by atoms with van der Waals surface area (Å²) in [6, 6.07) is 8.16. The smallest absolute Gasteiger partial charge is 0.0482 e. The maximum absolute atomic E-state index is 5.74. The van der Waals surface area contributed by atoms with Crippen LogP contribution in [0.4, 0.5) is 5.69 Å². The van der Waals surface area contributed by atoms with Gasteiger partial charge in [-0.2, -0.15) is 0 Å². The number of nitrogens with two attached hydrogens (primary N) is 1. The van der Waals surface area contributed by atoms with Crippen LogP contribution in [0.2, 0.25) is 0 Å². The Balaban J connectivity index is 2.29. The zero-order chi connectivity index (χ0) is 10.8. The molecule has 2 N–H and O–H groups in total. The summed E-state index contributed by atoms with van der Waals surface area (Å²) in [7, 11) is 4.17. The molecule has 0 aliphatic rings. The molecular formula is C12H17N3. The lowest BCUT2D eigenvalue weighted by atomic mass is 10.2. The van der Waals surface area contributed by atoms with E-state index in [9.17, 15) is 0 Å². The molecule has 2 rings (SSSR count). The SMILES string of the molecule is CN(C)CCn1ccc2cc(N)ccc21. The van der Waals surface area contributed by atoms with Crippen molar-refractivity contribution in [1.82, 2.24) is 9.47 Å². The van der Waals surface area contributed by atoms with Crippen molar-refractivity contribution < 1.29 is 0 Å². The van der Waals surface area contributed by atoms with E-state index in [-0.39, 0.29) is 0 Å². The molecule has 0 aliphatic heterocycles. The van der Waals surface area contributed by atoms with E-state index in [1.807, 2.05) is 12.1 Å². The molecule has 0 bridgehead atoms. The van der Waals surface area contributed by atoms with Gasteiger partial charge in [0.1, 0.15) is 0 Å². The highest BCUT2D eigenvalue weighted by molar-refractivity contribution is 5.83. The third kappa shape index (κ3) is 2.13. The molecule has 0 unspecified atom stereocenters. The van der Waals surface area contributed by atoms with E-state index in [0.717, 1.165) is 18.8 Å². The predicted molar refractivity (Wildman–Crippen MR) is 64.9 cm³/mol. The fourth-order valence-electron chi connectivity index (χ4n) is 1.72. The molecule has 1 aromatic carbocycles. The Bertz CT molecular complexity index is 457. The maximum Gasteiger partial charge on any atom is 0.0482 e. The fourth-order valence-corrected chi connectivity index (χ4v) is 1.72. The minimum Gasteiger partial charge on any atom is -0.399 e. The van der Waals surface area contributed by atoms with Crippen molar-refractivity contribution in [2.75, 3.05) is 26.4 Å². The highest BCUT2D eigenvalue weighted by atomic mass is 15.1. The van der Waals surface area contributed by atoms with E-state index >= 15 is 0 Å². The van der Waals surface area contributed by atoms with Gasteiger partial charge in [-0.1, -0.05) is 0 Å². The molecule has 0 saturated carbocycles. The van der Waals surface area contributed by atoms with Crippen LogP contribution < -0.4 is 5.73 Å². The first kappa shape index (κ1) is 10.1. The average Bonchev–Trinajstić information content (AvgIpc) is 2.57. The van der Waals surface area contributed by atoms with Gasteiger partial charge in [0.25, 0.3) is 0 Å². The maximum atomic E-state index is 5.74. The summed E-state index contributed by atoms with van der Waals surface area (Å²) < 4.78 is 2.26.